The molecule has 2 unspecified atom stereocenters. The van der Waals surface area contributed by atoms with Crippen LogP contribution in [-0.4, -0.2) is 11.0 Å². The Morgan fingerprint density at radius 2 is 2.27 bits per heavy atom. The molecule has 78 valence electrons. The van der Waals surface area contributed by atoms with Crippen LogP contribution >= 0.6 is 0 Å². The molecule has 1 aliphatic rings. The number of aryl methyl sites for hydroxylation is 1. The van der Waals surface area contributed by atoms with E-state index in [1.807, 2.05) is 13.0 Å². The molecule has 1 N–H and O–H groups in total. The Labute approximate surface area is 88.5 Å². The van der Waals surface area contributed by atoms with Gasteiger partial charge in [0.05, 0.1) is 0 Å². The van der Waals surface area contributed by atoms with E-state index in [-0.39, 0.29) is 0 Å². The first-order valence-corrected chi connectivity index (χ1v) is 5.35. The fraction of sp³-hybridized carbons (Fsp3) is 0.417. The molecule has 0 spiro atoms. The number of nitrogens with one attached hydrogen (secondary N) is 1. The molecule has 1 aromatic heterocycles. The molecular weight excluding hydrogens is 188 g/mol. The van der Waals surface area contributed by atoms with Crippen molar-refractivity contribution >= 4 is 11.1 Å². The van der Waals surface area contributed by atoms with Gasteiger partial charge in [-0.15, -0.1) is 0 Å². The van der Waals surface area contributed by atoms with Gasteiger partial charge < -0.3 is 9.73 Å². The minimum absolute atomic E-state index is 0.495. The third-order valence-electron chi connectivity index (χ3n) is 3.00. The van der Waals surface area contributed by atoms with Gasteiger partial charge in [0.25, 0.3) is 0 Å². The van der Waals surface area contributed by atoms with E-state index in [1.54, 1.807) is 0 Å². The molecular formula is C12H14N2O. The predicted molar refractivity (Wildman–Crippen MR) is 58.7 cm³/mol. The summed E-state index contributed by atoms with van der Waals surface area (Å²) in [5.41, 5.74) is 3.15. The van der Waals surface area contributed by atoms with Crippen molar-refractivity contribution in [3.8, 4) is 0 Å². The highest BCUT2D eigenvalue weighted by Crippen LogP contribution is 2.29. The van der Waals surface area contributed by atoms with Crippen LogP contribution in [0.1, 0.15) is 30.8 Å². The van der Waals surface area contributed by atoms with Crippen LogP contribution in [0.3, 0.4) is 0 Å². The Morgan fingerprint density at radius 1 is 1.47 bits per heavy atom. The third kappa shape index (κ3) is 1.43. The van der Waals surface area contributed by atoms with Gasteiger partial charge in [-0.05, 0) is 31.0 Å². The van der Waals surface area contributed by atoms with Crippen LogP contribution in [0.5, 0.6) is 0 Å². The quantitative estimate of drug-likeness (QED) is 0.772. The SMILES string of the molecule is Cc1nc2ccc(C3CC(C)N3)cc2o1. The molecule has 1 aromatic carbocycles. The van der Waals surface area contributed by atoms with Gasteiger partial charge in [-0.3, -0.25) is 0 Å². The lowest BCUT2D eigenvalue weighted by Gasteiger charge is -2.35. The number of hydrogen-bond donors (Lipinski definition) is 1. The molecule has 0 bridgehead atoms. The Bertz CT molecular complexity index is 497. The van der Waals surface area contributed by atoms with Crippen LogP contribution in [0.15, 0.2) is 22.6 Å². The minimum Gasteiger partial charge on any atom is -0.441 e. The van der Waals surface area contributed by atoms with Gasteiger partial charge >= 0.3 is 0 Å². The number of benzene rings is 1. The zero-order valence-corrected chi connectivity index (χ0v) is 8.95. The Balaban J connectivity index is 1.99. The highest BCUT2D eigenvalue weighted by molar-refractivity contribution is 5.73. The maximum absolute atomic E-state index is 5.52. The van der Waals surface area contributed by atoms with E-state index in [0.29, 0.717) is 12.1 Å². The van der Waals surface area contributed by atoms with Gasteiger partial charge in [0.1, 0.15) is 5.52 Å². The van der Waals surface area contributed by atoms with Crippen molar-refractivity contribution in [1.82, 2.24) is 10.3 Å². The van der Waals surface area contributed by atoms with Crippen LogP contribution in [0.2, 0.25) is 0 Å². The summed E-state index contributed by atoms with van der Waals surface area (Å²) in [6.07, 6.45) is 1.21. The Morgan fingerprint density at radius 3 is 3.00 bits per heavy atom. The van der Waals surface area contributed by atoms with Crippen molar-refractivity contribution in [2.45, 2.75) is 32.4 Å². The number of aromatic nitrogens is 1. The van der Waals surface area contributed by atoms with Crippen molar-refractivity contribution in [3.63, 3.8) is 0 Å². The summed E-state index contributed by atoms with van der Waals surface area (Å²) in [6.45, 7) is 4.08. The second-order valence-electron chi connectivity index (χ2n) is 4.32. The monoisotopic (exact) mass is 202 g/mol. The van der Waals surface area contributed by atoms with E-state index in [0.717, 1.165) is 17.0 Å². The summed E-state index contributed by atoms with van der Waals surface area (Å²) >= 11 is 0. The van der Waals surface area contributed by atoms with E-state index in [2.05, 4.69) is 29.4 Å². The fourth-order valence-corrected chi connectivity index (χ4v) is 2.18. The van der Waals surface area contributed by atoms with Crippen molar-refractivity contribution in [1.29, 1.82) is 0 Å². The molecule has 2 aromatic rings. The molecule has 2 atom stereocenters. The van der Waals surface area contributed by atoms with Gasteiger partial charge in [-0.1, -0.05) is 6.07 Å². The number of rotatable bonds is 1. The van der Waals surface area contributed by atoms with Crippen molar-refractivity contribution in [3.05, 3.63) is 29.7 Å². The first-order chi connectivity index (χ1) is 7.22. The van der Waals surface area contributed by atoms with Gasteiger partial charge in [-0.25, -0.2) is 4.98 Å². The Hall–Kier alpha value is -1.35. The van der Waals surface area contributed by atoms with Gasteiger partial charge in [0.15, 0.2) is 11.5 Å². The summed E-state index contributed by atoms with van der Waals surface area (Å²) in [6, 6.07) is 7.40. The lowest BCUT2D eigenvalue weighted by atomic mass is 9.92. The molecule has 0 radical (unpaired) electrons. The molecule has 2 heterocycles. The largest absolute Gasteiger partial charge is 0.441 e. The second-order valence-corrected chi connectivity index (χ2v) is 4.32. The summed E-state index contributed by atoms with van der Waals surface area (Å²) in [5, 5.41) is 3.47. The number of nitrogens with zero attached hydrogens (tertiary/aromatic N) is 1. The summed E-state index contributed by atoms with van der Waals surface area (Å²) in [7, 11) is 0. The van der Waals surface area contributed by atoms with E-state index in [9.17, 15) is 0 Å². The minimum atomic E-state index is 0.495. The average molecular weight is 202 g/mol. The molecule has 0 saturated carbocycles. The fourth-order valence-electron chi connectivity index (χ4n) is 2.18. The van der Waals surface area contributed by atoms with Gasteiger partial charge in [0, 0.05) is 19.0 Å². The topological polar surface area (TPSA) is 38.1 Å². The van der Waals surface area contributed by atoms with E-state index in [1.165, 1.54) is 12.0 Å². The lowest BCUT2D eigenvalue weighted by Crippen LogP contribution is -2.43. The average Bonchev–Trinajstić information content (AvgIpc) is 2.52. The summed E-state index contributed by atoms with van der Waals surface area (Å²) in [4.78, 5) is 4.29. The number of hydrogen-bond acceptors (Lipinski definition) is 3. The molecule has 1 aliphatic heterocycles. The molecule has 3 heteroatoms. The molecule has 0 aliphatic carbocycles. The smallest absolute Gasteiger partial charge is 0.192 e. The first kappa shape index (κ1) is 8.92. The van der Waals surface area contributed by atoms with E-state index in [4.69, 9.17) is 4.42 Å². The van der Waals surface area contributed by atoms with Gasteiger partial charge in [0.2, 0.25) is 0 Å². The zero-order chi connectivity index (χ0) is 10.4. The van der Waals surface area contributed by atoms with Gasteiger partial charge in [-0.2, -0.15) is 0 Å². The van der Waals surface area contributed by atoms with Crippen molar-refractivity contribution in [2.24, 2.45) is 0 Å². The standard InChI is InChI=1S/C12H14N2O/c1-7-5-11(13-7)9-3-4-10-12(6-9)15-8(2)14-10/h3-4,6-7,11,13H,5H2,1-2H3. The predicted octanol–water partition coefficient (Wildman–Crippen LogP) is 2.56. The van der Waals surface area contributed by atoms with Crippen LogP contribution in [0, 0.1) is 6.92 Å². The molecule has 1 saturated heterocycles. The highest BCUT2D eigenvalue weighted by Gasteiger charge is 2.25. The van der Waals surface area contributed by atoms with Crippen molar-refractivity contribution in [2.75, 3.05) is 0 Å². The maximum atomic E-state index is 5.52. The number of fused-ring (bicyclic) bond motifs is 1. The van der Waals surface area contributed by atoms with Crippen LogP contribution < -0.4 is 5.32 Å². The Kier molecular flexibility index (Phi) is 1.83. The molecule has 1 fully saturated rings. The zero-order valence-electron chi connectivity index (χ0n) is 8.95. The summed E-state index contributed by atoms with van der Waals surface area (Å²) < 4.78 is 5.52. The number of oxazole rings is 1. The highest BCUT2D eigenvalue weighted by atomic mass is 16.3. The first-order valence-electron chi connectivity index (χ1n) is 5.35. The molecule has 3 nitrogen and oxygen atoms in total. The van der Waals surface area contributed by atoms with Crippen LogP contribution in [-0.2, 0) is 0 Å². The lowest BCUT2D eigenvalue weighted by molar-refractivity contribution is 0.288. The van der Waals surface area contributed by atoms with Crippen LogP contribution in [0.4, 0.5) is 0 Å². The molecule has 3 rings (SSSR count). The van der Waals surface area contributed by atoms with E-state index < -0.39 is 0 Å². The summed E-state index contributed by atoms with van der Waals surface area (Å²) in [5.74, 6) is 0.733. The van der Waals surface area contributed by atoms with Crippen LogP contribution in [0.25, 0.3) is 11.1 Å². The third-order valence-corrected chi connectivity index (χ3v) is 3.00. The second kappa shape index (κ2) is 3.07. The molecule has 0 amide bonds. The maximum Gasteiger partial charge on any atom is 0.192 e. The van der Waals surface area contributed by atoms with E-state index >= 15 is 0 Å². The molecule has 15 heavy (non-hydrogen) atoms. The normalized spacial score (nSPS) is 25.5. The van der Waals surface area contributed by atoms with Crippen molar-refractivity contribution < 1.29 is 4.42 Å².